The molecule has 6 aliphatic rings. The Labute approximate surface area is 249 Å². The minimum Gasteiger partial charge on any atom is -0.340 e. The van der Waals surface area contributed by atoms with E-state index in [9.17, 15) is 14.4 Å². The van der Waals surface area contributed by atoms with E-state index in [2.05, 4.69) is 10.2 Å². The van der Waals surface area contributed by atoms with Crippen molar-refractivity contribution in [3.63, 3.8) is 0 Å². The van der Waals surface area contributed by atoms with Crippen LogP contribution in [0.1, 0.15) is 56.9 Å². The SMILES string of the molecule is CN(Cc1ccccc1)C(=O)CN1CN(c2ccccc2)C2(CCN(C(=O)NC34CC5CC(CC(C5)C3)C4)CC2)C1=O. The number of para-hydroxylation sites is 1. The standard InChI is InChI=1S/C34H43N5O3/c1-36(22-25-8-4-2-5-9-25)30(40)23-38-24-39(29-10-6-3-7-11-29)34(31(38)41)12-14-37(15-13-34)32(42)35-33-19-26-16-27(20-33)18-28(17-26)21-33/h2-11,26-28H,12-24H2,1H3,(H,35,42). The molecule has 2 aromatic carbocycles. The molecule has 0 atom stereocenters. The van der Waals surface area contributed by atoms with Gasteiger partial charge in [0.15, 0.2) is 0 Å². The fraction of sp³-hybridized carbons (Fsp3) is 0.559. The van der Waals surface area contributed by atoms with Crippen molar-refractivity contribution in [2.24, 2.45) is 17.8 Å². The zero-order valence-electron chi connectivity index (χ0n) is 24.7. The van der Waals surface area contributed by atoms with Crippen molar-refractivity contribution in [1.29, 1.82) is 0 Å². The van der Waals surface area contributed by atoms with Gasteiger partial charge in [-0.3, -0.25) is 9.59 Å². The maximum atomic E-state index is 14.2. The summed E-state index contributed by atoms with van der Waals surface area (Å²) in [4.78, 5) is 48.5. The van der Waals surface area contributed by atoms with Crippen LogP contribution >= 0.6 is 0 Å². The predicted molar refractivity (Wildman–Crippen MR) is 161 cm³/mol. The van der Waals surface area contributed by atoms with E-state index >= 15 is 0 Å². The van der Waals surface area contributed by atoms with Gasteiger partial charge in [-0.2, -0.15) is 0 Å². The van der Waals surface area contributed by atoms with Crippen LogP contribution < -0.4 is 10.2 Å². The number of carbonyl (C=O) groups is 3. The molecule has 0 aromatic heterocycles. The van der Waals surface area contributed by atoms with Crippen LogP contribution in [0.2, 0.25) is 0 Å². The van der Waals surface area contributed by atoms with Crippen molar-refractivity contribution in [1.82, 2.24) is 20.0 Å². The Morgan fingerprint density at radius 1 is 0.881 bits per heavy atom. The van der Waals surface area contributed by atoms with E-state index in [1.807, 2.05) is 65.6 Å². The molecule has 0 radical (unpaired) electrons. The Hall–Kier alpha value is -3.55. The third kappa shape index (κ3) is 4.92. The molecule has 222 valence electrons. The second-order valence-corrected chi connectivity index (χ2v) is 13.8. The average molecular weight is 570 g/mol. The van der Waals surface area contributed by atoms with Crippen LogP contribution in [0.3, 0.4) is 0 Å². The van der Waals surface area contributed by atoms with Crippen molar-refractivity contribution in [2.45, 2.75) is 69.0 Å². The molecule has 8 rings (SSSR count). The number of hydrogen-bond acceptors (Lipinski definition) is 4. The van der Waals surface area contributed by atoms with E-state index in [0.717, 1.165) is 48.3 Å². The third-order valence-corrected chi connectivity index (χ3v) is 10.9. The lowest BCUT2D eigenvalue weighted by atomic mass is 9.53. The summed E-state index contributed by atoms with van der Waals surface area (Å²) >= 11 is 0. The monoisotopic (exact) mass is 569 g/mol. The number of amides is 4. The van der Waals surface area contributed by atoms with Crippen LogP contribution in [-0.4, -0.2) is 77.0 Å². The van der Waals surface area contributed by atoms with Gasteiger partial charge in [-0.15, -0.1) is 0 Å². The number of piperidine rings is 1. The Balaban J connectivity index is 1.04. The molecule has 8 nitrogen and oxygen atoms in total. The lowest BCUT2D eigenvalue weighted by molar-refractivity contribution is -0.140. The van der Waals surface area contributed by atoms with Crippen LogP contribution in [0.5, 0.6) is 0 Å². The number of rotatable bonds is 6. The van der Waals surface area contributed by atoms with Crippen LogP contribution in [-0.2, 0) is 16.1 Å². The van der Waals surface area contributed by atoms with Gasteiger partial charge in [0.05, 0.1) is 6.67 Å². The van der Waals surface area contributed by atoms with E-state index in [1.54, 1.807) is 16.8 Å². The summed E-state index contributed by atoms with van der Waals surface area (Å²) in [7, 11) is 1.79. The number of anilines is 1. The summed E-state index contributed by atoms with van der Waals surface area (Å²) < 4.78 is 0. The zero-order chi connectivity index (χ0) is 28.9. The van der Waals surface area contributed by atoms with Crippen molar-refractivity contribution < 1.29 is 14.4 Å². The van der Waals surface area contributed by atoms with Crippen LogP contribution in [0, 0.1) is 17.8 Å². The highest BCUT2D eigenvalue weighted by Crippen LogP contribution is 2.55. The highest BCUT2D eigenvalue weighted by atomic mass is 16.2. The molecule has 0 unspecified atom stereocenters. The molecule has 42 heavy (non-hydrogen) atoms. The first-order valence-corrected chi connectivity index (χ1v) is 15.8. The quantitative estimate of drug-likeness (QED) is 0.557. The molecule has 4 amide bonds. The maximum Gasteiger partial charge on any atom is 0.317 e. The van der Waals surface area contributed by atoms with Gasteiger partial charge in [-0.1, -0.05) is 48.5 Å². The van der Waals surface area contributed by atoms with Crippen molar-refractivity contribution in [2.75, 3.05) is 38.3 Å². The van der Waals surface area contributed by atoms with Gasteiger partial charge in [0.25, 0.3) is 5.91 Å². The Kier molecular flexibility index (Phi) is 6.90. The van der Waals surface area contributed by atoms with Gasteiger partial charge in [-0.25, -0.2) is 4.79 Å². The molecule has 4 saturated carbocycles. The van der Waals surface area contributed by atoms with Gasteiger partial charge < -0.3 is 24.9 Å². The number of hydrogen-bond donors (Lipinski definition) is 1. The van der Waals surface area contributed by atoms with E-state index in [4.69, 9.17) is 0 Å². The van der Waals surface area contributed by atoms with Gasteiger partial charge >= 0.3 is 6.03 Å². The molecule has 2 heterocycles. The lowest BCUT2D eigenvalue weighted by Gasteiger charge is -2.57. The molecule has 6 fully saturated rings. The highest BCUT2D eigenvalue weighted by molar-refractivity contribution is 5.96. The van der Waals surface area contributed by atoms with Crippen molar-refractivity contribution in [3.8, 4) is 0 Å². The highest BCUT2D eigenvalue weighted by Gasteiger charge is 2.56. The lowest BCUT2D eigenvalue weighted by Crippen LogP contribution is -2.64. The van der Waals surface area contributed by atoms with Crippen LogP contribution in [0.25, 0.3) is 0 Å². The molecule has 8 heteroatoms. The molecule has 1 spiro atoms. The first-order valence-electron chi connectivity index (χ1n) is 15.8. The normalized spacial score (nSPS) is 29.3. The Morgan fingerprint density at radius 3 is 2.05 bits per heavy atom. The molecular formula is C34H43N5O3. The van der Waals surface area contributed by atoms with Gasteiger partial charge in [-0.05, 0) is 86.8 Å². The van der Waals surface area contributed by atoms with Gasteiger partial charge in [0.2, 0.25) is 5.91 Å². The Bertz CT molecular complexity index is 1290. The first-order chi connectivity index (χ1) is 20.3. The summed E-state index contributed by atoms with van der Waals surface area (Å²) in [6.07, 6.45) is 8.54. The second kappa shape index (κ2) is 10.6. The Morgan fingerprint density at radius 2 is 1.45 bits per heavy atom. The van der Waals surface area contributed by atoms with E-state index in [-0.39, 0.29) is 29.9 Å². The fourth-order valence-corrected chi connectivity index (χ4v) is 9.20. The second-order valence-electron chi connectivity index (χ2n) is 13.8. The number of carbonyl (C=O) groups excluding carboxylic acids is 3. The minimum atomic E-state index is -0.753. The number of nitrogens with one attached hydrogen (secondary N) is 1. The molecule has 2 saturated heterocycles. The molecule has 2 aliphatic heterocycles. The molecule has 4 bridgehead atoms. The van der Waals surface area contributed by atoms with Gasteiger partial charge in [0, 0.05) is 37.9 Å². The summed E-state index contributed by atoms with van der Waals surface area (Å²) in [5, 5.41) is 3.52. The summed E-state index contributed by atoms with van der Waals surface area (Å²) in [6.45, 7) is 1.98. The van der Waals surface area contributed by atoms with Gasteiger partial charge in [0.1, 0.15) is 12.1 Å². The number of likely N-dealkylation sites (N-methyl/N-ethyl adjacent to an activating group) is 1. The summed E-state index contributed by atoms with van der Waals surface area (Å²) in [6, 6.07) is 20.0. The van der Waals surface area contributed by atoms with E-state index in [1.165, 1.54) is 19.3 Å². The smallest absolute Gasteiger partial charge is 0.317 e. The number of urea groups is 1. The number of benzene rings is 2. The summed E-state index contributed by atoms with van der Waals surface area (Å²) in [5.74, 6) is 2.24. The zero-order valence-corrected chi connectivity index (χ0v) is 24.7. The average Bonchev–Trinajstić information content (AvgIpc) is 3.23. The first kappa shape index (κ1) is 27.3. The summed E-state index contributed by atoms with van der Waals surface area (Å²) in [5.41, 5.74) is 1.26. The number of likely N-dealkylation sites (tertiary alicyclic amines) is 1. The molecule has 1 N–H and O–H groups in total. The van der Waals surface area contributed by atoms with Crippen molar-refractivity contribution in [3.05, 3.63) is 66.2 Å². The van der Waals surface area contributed by atoms with Crippen LogP contribution in [0.15, 0.2) is 60.7 Å². The predicted octanol–water partition coefficient (Wildman–Crippen LogP) is 4.46. The molecule has 4 aliphatic carbocycles. The van der Waals surface area contributed by atoms with E-state index in [0.29, 0.717) is 39.1 Å². The van der Waals surface area contributed by atoms with Crippen molar-refractivity contribution >= 4 is 23.5 Å². The third-order valence-electron chi connectivity index (χ3n) is 10.9. The maximum absolute atomic E-state index is 14.2. The minimum absolute atomic E-state index is 0.00560. The van der Waals surface area contributed by atoms with E-state index < -0.39 is 5.54 Å². The topological polar surface area (TPSA) is 76.2 Å². The molecular weight excluding hydrogens is 526 g/mol. The van der Waals surface area contributed by atoms with Crippen LogP contribution in [0.4, 0.5) is 10.5 Å². The largest absolute Gasteiger partial charge is 0.340 e. The number of nitrogens with zero attached hydrogens (tertiary/aromatic N) is 4. The fourth-order valence-electron chi connectivity index (χ4n) is 9.20. The molecule has 2 aromatic rings.